The molecule has 2 aromatic heterocycles. The van der Waals surface area contributed by atoms with Crippen molar-refractivity contribution in [1.29, 1.82) is 0 Å². The van der Waals surface area contributed by atoms with Crippen molar-refractivity contribution in [3.05, 3.63) is 59.0 Å². The molecule has 5 nitrogen and oxygen atoms in total. The van der Waals surface area contributed by atoms with Gasteiger partial charge >= 0.3 is 5.97 Å². The van der Waals surface area contributed by atoms with Crippen LogP contribution < -0.4 is 0 Å². The minimum absolute atomic E-state index is 0.120. The van der Waals surface area contributed by atoms with Crippen molar-refractivity contribution in [2.75, 3.05) is 7.11 Å². The lowest BCUT2D eigenvalue weighted by molar-refractivity contribution is -0.139. The number of nitrogens with zero attached hydrogens (tertiary/aromatic N) is 3. The van der Waals surface area contributed by atoms with E-state index in [0.29, 0.717) is 17.8 Å². The van der Waals surface area contributed by atoms with Crippen molar-refractivity contribution in [2.45, 2.75) is 13.0 Å². The number of fused-ring (bicyclic) bond motifs is 2. The maximum absolute atomic E-state index is 13.3. The molecule has 0 spiro atoms. The van der Waals surface area contributed by atoms with Crippen molar-refractivity contribution in [3.63, 3.8) is 0 Å². The molecule has 0 atom stereocenters. The predicted octanol–water partition coefficient (Wildman–Crippen LogP) is 3.55. The van der Waals surface area contributed by atoms with Crippen LogP contribution in [0.1, 0.15) is 10.7 Å². The number of benzene rings is 2. The van der Waals surface area contributed by atoms with Crippen LogP contribution in [0.2, 0.25) is 0 Å². The molecule has 4 rings (SSSR count). The molecule has 2 heterocycles. The Bertz CT molecular complexity index is 1090. The Kier molecular flexibility index (Phi) is 3.93. The lowest BCUT2D eigenvalue weighted by Gasteiger charge is -1.99. The average Bonchev–Trinajstić information content (AvgIpc) is 3.16. The predicted molar refractivity (Wildman–Crippen MR) is 94.1 cm³/mol. The fourth-order valence-corrected chi connectivity index (χ4v) is 3.73. The van der Waals surface area contributed by atoms with E-state index in [1.54, 1.807) is 6.07 Å². The number of methoxy groups -OCH3 is 1. The zero-order chi connectivity index (χ0) is 17.4. The molecule has 0 N–H and O–H groups in total. The van der Waals surface area contributed by atoms with Crippen LogP contribution in [0, 0.1) is 5.82 Å². The van der Waals surface area contributed by atoms with Crippen molar-refractivity contribution in [3.8, 4) is 0 Å². The minimum atomic E-state index is -0.328. The van der Waals surface area contributed by atoms with Crippen LogP contribution in [0.5, 0.6) is 0 Å². The van der Waals surface area contributed by atoms with Gasteiger partial charge in [-0.05, 0) is 18.2 Å². The van der Waals surface area contributed by atoms with Gasteiger partial charge < -0.3 is 4.74 Å². The summed E-state index contributed by atoms with van der Waals surface area (Å²) in [5.41, 5.74) is 2.24. The van der Waals surface area contributed by atoms with Crippen LogP contribution in [0.3, 0.4) is 0 Å². The molecule has 0 aliphatic heterocycles. The monoisotopic (exact) mass is 355 g/mol. The van der Waals surface area contributed by atoms with E-state index in [2.05, 4.69) is 10.1 Å². The highest BCUT2D eigenvalue weighted by atomic mass is 32.1. The second kappa shape index (κ2) is 6.25. The number of aromatic nitrogens is 3. The van der Waals surface area contributed by atoms with Gasteiger partial charge in [0.1, 0.15) is 10.8 Å². The van der Waals surface area contributed by atoms with Gasteiger partial charge in [-0.1, -0.05) is 18.2 Å². The molecule has 4 aromatic rings. The molecule has 0 bridgehead atoms. The number of esters is 1. The summed E-state index contributed by atoms with van der Waals surface area (Å²) >= 11 is 1.51. The highest BCUT2D eigenvalue weighted by Crippen LogP contribution is 2.25. The molecule has 0 amide bonds. The molecule has 2 aromatic carbocycles. The molecule has 126 valence electrons. The second-order valence-electron chi connectivity index (χ2n) is 5.59. The van der Waals surface area contributed by atoms with Crippen LogP contribution in [0.4, 0.5) is 4.39 Å². The summed E-state index contributed by atoms with van der Waals surface area (Å²) in [6.45, 7) is 0.461. The Balaban J connectivity index is 1.73. The van der Waals surface area contributed by atoms with Crippen LogP contribution in [0.15, 0.2) is 42.5 Å². The van der Waals surface area contributed by atoms with Gasteiger partial charge in [0, 0.05) is 11.5 Å². The Morgan fingerprint density at radius 3 is 2.96 bits per heavy atom. The summed E-state index contributed by atoms with van der Waals surface area (Å²) in [6.07, 6.45) is 0.120. The topological polar surface area (TPSA) is 57.0 Å². The van der Waals surface area contributed by atoms with E-state index >= 15 is 0 Å². The lowest BCUT2D eigenvalue weighted by atomic mass is 10.2. The van der Waals surface area contributed by atoms with Crippen molar-refractivity contribution in [2.24, 2.45) is 0 Å². The Morgan fingerprint density at radius 1 is 1.28 bits per heavy atom. The molecule has 0 aliphatic carbocycles. The number of carbonyl (C=O) groups excluding carboxylic acids is 1. The first-order valence-electron chi connectivity index (χ1n) is 7.70. The van der Waals surface area contributed by atoms with Gasteiger partial charge in [-0.25, -0.2) is 9.37 Å². The highest BCUT2D eigenvalue weighted by Gasteiger charge is 2.15. The van der Waals surface area contributed by atoms with Gasteiger partial charge in [-0.15, -0.1) is 11.3 Å². The molecule has 0 aliphatic rings. The highest BCUT2D eigenvalue weighted by molar-refractivity contribution is 7.18. The van der Waals surface area contributed by atoms with Crippen LogP contribution >= 0.6 is 11.3 Å². The summed E-state index contributed by atoms with van der Waals surface area (Å²) in [7, 11) is 1.36. The normalized spacial score (nSPS) is 11.3. The van der Waals surface area contributed by atoms with E-state index < -0.39 is 0 Å². The quantitative estimate of drug-likeness (QED) is 0.525. The Labute approximate surface area is 146 Å². The van der Waals surface area contributed by atoms with Gasteiger partial charge in [0.25, 0.3) is 0 Å². The average molecular weight is 355 g/mol. The first kappa shape index (κ1) is 15.7. The van der Waals surface area contributed by atoms with Crippen LogP contribution in [-0.4, -0.2) is 27.8 Å². The molecular weight excluding hydrogens is 341 g/mol. The molecule has 7 heteroatoms. The summed E-state index contributed by atoms with van der Waals surface area (Å²) < 4.78 is 20.8. The first-order valence-corrected chi connectivity index (χ1v) is 8.52. The van der Waals surface area contributed by atoms with E-state index in [1.165, 1.54) is 30.6 Å². The third kappa shape index (κ3) is 2.98. The Morgan fingerprint density at radius 2 is 2.12 bits per heavy atom. The maximum atomic E-state index is 13.3. The SMILES string of the molecule is COC(=O)Cc1nn(Cc2nc3cc(F)ccc3s2)c2ccccc12. The molecule has 0 unspecified atom stereocenters. The largest absolute Gasteiger partial charge is 0.469 e. The van der Waals surface area contributed by atoms with Gasteiger partial charge in [0.2, 0.25) is 0 Å². The number of ether oxygens (including phenoxy) is 1. The molecule has 0 radical (unpaired) electrons. The summed E-state index contributed by atoms with van der Waals surface area (Å²) in [6, 6.07) is 12.3. The number of hydrogen-bond acceptors (Lipinski definition) is 5. The maximum Gasteiger partial charge on any atom is 0.311 e. The standard InChI is InChI=1S/C18H14FN3O2S/c1-24-18(23)9-13-12-4-2-3-5-15(12)22(21-13)10-17-20-14-8-11(19)6-7-16(14)25-17/h2-8H,9-10H2,1H3. The van der Waals surface area contributed by atoms with Gasteiger partial charge in [-0.3, -0.25) is 9.48 Å². The smallest absolute Gasteiger partial charge is 0.311 e. The number of hydrogen-bond donors (Lipinski definition) is 0. The molecule has 0 fully saturated rings. The lowest BCUT2D eigenvalue weighted by Crippen LogP contribution is -2.07. The molecular formula is C18H14FN3O2S. The van der Waals surface area contributed by atoms with E-state index in [4.69, 9.17) is 4.74 Å². The van der Waals surface area contributed by atoms with Gasteiger partial charge in [0.15, 0.2) is 0 Å². The number of thiazole rings is 1. The Hall–Kier alpha value is -2.80. The number of halogens is 1. The molecule has 0 saturated heterocycles. The van der Waals surface area contributed by atoms with E-state index in [0.717, 1.165) is 20.6 Å². The van der Waals surface area contributed by atoms with E-state index in [-0.39, 0.29) is 18.2 Å². The minimum Gasteiger partial charge on any atom is -0.469 e. The zero-order valence-electron chi connectivity index (χ0n) is 13.4. The van der Waals surface area contributed by atoms with Crippen molar-refractivity contribution >= 4 is 38.4 Å². The van der Waals surface area contributed by atoms with E-state index in [1.807, 2.05) is 28.9 Å². The third-order valence-corrected chi connectivity index (χ3v) is 4.97. The second-order valence-corrected chi connectivity index (χ2v) is 6.71. The summed E-state index contributed by atoms with van der Waals surface area (Å²) in [5.74, 6) is -0.625. The number of para-hydroxylation sites is 1. The van der Waals surface area contributed by atoms with Gasteiger partial charge in [0.05, 0.1) is 41.5 Å². The van der Waals surface area contributed by atoms with Crippen LogP contribution in [-0.2, 0) is 22.5 Å². The van der Waals surface area contributed by atoms with E-state index in [9.17, 15) is 9.18 Å². The zero-order valence-corrected chi connectivity index (χ0v) is 14.2. The number of carbonyl (C=O) groups is 1. The molecule has 0 saturated carbocycles. The van der Waals surface area contributed by atoms with Crippen molar-refractivity contribution in [1.82, 2.24) is 14.8 Å². The van der Waals surface area contributed by atoms with Crippen LogP contribution in [0.25, 0.3) is 21.1 Å². The number of rotatable bonds is 4. The first-order chi connectivity index (χ1) is 12.1. The fraction of sp³-hybridized carbons (Fsp3) is 0.167. The summed E-state index contributed by atoms with van der Waals surface area (Å²) in [5, 5.41) is 6.32. The van der Waals surface area contributed by atoms with Gasteiger partial charge in [-0.2, -0.15) is 5.10 Å². The molecule has 25 heavy (non-hydrogen) atoms. The third-order valence-electron chi connectivity index (χ3n) is 3.95. The van der Waals surface area contributed by atoms with Crippen molar-refractivity contribution < 1.29 is 13.9 Å². The summed E-state index contributed by atoms with van der Waals surface area (Å²) in [4.78, 5) is 16.1. The fourth-order valence-electron chi connectivity index (χ4n) is 2.80.